The van der Waals surface area contributed by atoms with Crippen molar-refractivity contribution in [3.8, 4) is 0 Å². The van der Waals surface area contributed by atoms with Crippen molar-refractivity contribution in [1.29, 1.82) is 0 Å². The molecule has 1 atom stereocenters. The van der Waals surface area contributed by atoms with Crippen LogP contribution in [0.25, 0.3) is 0 Å². The van der Waals surface area contributed by atoms with Crippen LogP contribution in [0.1, 0.15) is 39.5 Å². The lowest BCUT2D eigenvalue weighted by Gasteiger charge is -2.20. The summed E-state index contributed by atoms with van der Waals surface area (Å²) in [7, 11) is 0. The summed E-state index contributed by atoms with van der Waals surface area (Å²) in [6, 6.07) is 0.586. The average molecular weight is 270 g/mol. The minimum absolute atomic E-state index is 0.583. The maximum Gasteiger partial charge on any atom is 0.188 e. The predicted octanol–water partition coefficient (Wildman–Crippen LogP) is 1.19. The van der Waals surface area contributed by atoms with Crippen LogP contribution in [-0.4, -0.2) is 56.3 Å². The highest BCUT2D eigenvalue weighted by atomic mass is 16.5. The summed E-state index contributed by atoms with van der Waals surface area (Å²) < 4.78 is 5.28. The lowest BCUT2D eigenvalue weighted by molar-refractivity contribution is 0.143. The standard InChI is InChI=1S/C14H30N4O/c1-3-18-10-7-8-13(18)12-17-14(15)16-9-5-6-11-19-4-2/h13H,3-12H2,1-2H3,(H3,15,16,17). The van der Waals surface area contributed by atoms with E-state index in [-0.39, 0.29) is 0 Å². The van der Waals surface area contributed by atoms with Crippen molar-refractivity contribution in [2.75, 3.05) is 39.4 Å². The van der Waals surface area contributed by atoms with Crippen molar-refractivity contribution in [1.82, 2.24) is 10.2 Å². The third kappa shape index (κ3) is 6.78. The number of nitrogens with one attached hydrogen (secondary N) is 1. The zero-order valence-corrected chi connectivity index (χ0v) is 12.5. The maximum atomic E-state index is 5.87. The second-order valence-electron chi connectivity index (χ2n) is 4.98. The molecular weight excluding hydrogens is 240 g/mol. The lowest BCUT2D eigenvalue weighted by Crippen LogP contribution is -2.36. The van der Waals surface area contributed by atoms with Gasteiger partial charge in [-0.15, -0.1) is 0 Å². The normalized spacial score (nSPS) is 20.9. The van der Waals surface area contributed by atoms with Crippen LogP contribution < -0.4 is 11.1 Å². The Labute approximate surface area is 117 Å². The first-order valence-electron chi connectivity index (χ1n) is 7.63. The molecule has 0 spiro atoms. The molecule has 0 aromatic carbocycles. The van der Waals surface area contributed by atoms with Gasteiger partial charge in [0.25, 0.3) is 0 Å². The zero-order chi connectivity index (χ0) is 13.9. The molecule has 0 amide bonds. The van der Waals surface area contributed by atoms with Crippen LogP contribution in [0.2, 0.25) is 0 Å². The Morgan fingerprint density at radius 2 is 2.26 bits per heavy atom. The number of aliphatic imine (C=N–C) groups is 1. The van der Waals surface area contributed by atoms with Gasteiger partial charge in [-0.3, -0.25) is 9.89 Å². The largest absolute Gasteiger partial charge is 0.382 e. The van der Waals surface area contributed by atoms with Gasteiger partial charge in [-0.05, 0) is 45.7 Å². The molecule has 1 unspecified atom stereocenters. The molecule has 5 heteroatoms. The summed E-state index contributed by atoms with van der Waals surface area (Å²) in [5.74, 6) is 0.583. The molecule has 0 radical (unpaired) electrons. The minimum Gasteiger partial charge on any atom is -0.382 e. The predicted molar refractivity (Wildman–Crippen MR) is 80.5 cm³/mol. The van der Waals surface area contributed by atoms with E-state index in [9.17, 15) is 0 Å². The molecule has 1 rings (SSSR count). The van der Waals surface area contributed by atoms with Gasteiger partial charge in [-0.2, -0.15) is 0 Å². The monoisotopic (exact) mass is 270 g/mol. The molecule has 3 N–H and O–H groups in total. The van der Waals surface area contributed by atoms with Gasteiger partial charge in [-0.25, -0.2) is 0 Å². The molecular formula is C14H30N4O. The van der Waals surface area contributed by atoms with Crippen LogP contribution in [0.15, 0.2) is 4.99 Å². The van der Waals surface area contributed by atoms with Crippen LogP contribution in [-0.2, 0) is 4.74 Å². The van der Waals surface area contributed by atoms with Gasteiger partial charge in [0.1, 0.15) is 0 Å². The first-order chi connectivity index (χ1) is 9.27. The quantitative estimate of drug-likeness (QED) is 0.375. The number of ether oxygens (including phenoxy) is 1. The molecule has 1 aliphatic rings. The molecule has 1 heterocycles. The average Bonchev–Trinajstić information content (AvgIpc) is 2.88. The van der Waals surface area contributed by atoms with E-state index in [1.54, 1.807) is 0 Å². The molecule has 0 bridgehead atoms. The Balaban J connectivity index is 2.08. The first kappa shape index (κ1) is 16.2. The van der Waals surface area contributed by atoms with Gasteiger partial charge in [0.05, 0.1) is 6.54 Å². The molecule has 0 aliphatic carbocycles. The van der Waals surface area contributed by atoms with Crippen molar-refractivity contribution >= 4 is 5.96 Å². The number of guanidine groups is 1. The molecule has 0 saturated carbocycles. The first-order valence-corrected chi connectivity index (χ1v) is 7.63. The number of hydrogen-bond donors (Lipinski definition) is 2. The summed E-state index contributed by atoms with van der Waals surface area (Å²) in [5.41, 5.74) is 5.87. The van der Waals surface area contributed by atoms with Gasteiger partial charge < -0.3 is 15.8 Å². The second kappa shape index (κ2) is 10.0. The van der Waals surface area contributed by atoms with E-state index in [4.69, 9.17) is 10.5 Å². The Kier molecular flexibility index (Phi) is 8.58. The fraction of sp³-hybridized carbons (Fsp3) is 0.929. The van der Waals surface area contributed by atoms with E-state index in [1.807, 2.05) is 6.92 Å². The van der Waals surface area contributed by atoms with Crippen LogP contribution in [0.5, 0.6) is 0 Å². The van der Waals surface area contributed by atoms with Crippen LogP contribution in [0.3, 0.4) is 0 Å². The summed E-state index contributed by atoms with van der Waals surface area (Å²) in [6.45, 7) is 9.89. The van der Waals surface area contributed by atoms with Gasteiger partial charge >= 0.3 is 0 Å². The van der Waals surface area contributed by atoms with Crippen molar-refractivity contribution in [2.24, 2.45) is 10.7 Å². The molecule has 1 saturated heterocycles. The lowest BCUT2D eigenvalue weighted by atomic mass is 10.2. The second-order valence-corrected chi connectivity index (χ2v) is 4.98. The number of likely N-dealkylation sites (N-methyl/N-ethyl adjacent to an activating group) is 1. The fourth-order valence-corrected chi connectivity index (χ4v) is 2.47. The maximum absolute atomic E-state index is 5.87. The highest BCUT2D eigenvalue weighted by Gasteiger charge is 2.22. The van der Waals surface area contributed by atoms with E-state index in [1.165, 1.54) is 19.4 Å². The van der Waals surface area contributed by atoms with Crippen molar-refractivity contribution < 1.29 is 4.74 Å². The van der Waals surface area contributed by atoms with Crippen molar-refractivity contribution in [2.45, 2.75) is 45.6 Å². The number of rotatable bonds is 9. The Morgan fingerprint density at radius 3 is 3.00 bits per heavy atom. The number of unbranched alkanes of at least 4 members (excludes halogenated alkanes) is 1. The molecule has 0 aromatic rings. The van der Waals surface area contributed by atoms with Crippen LogP contribution in [0.4, 0.5) is 0 Å². The molecule has 112 valence electrons. The third-order valence-corrected chi connectivity index (χ3v) is 3.60. The number of hydrogen-bond acceptors (Lipinski definition) is 3. The molecule has 5 nitrogen and oxygen atoms in total. The van der Waals surface area contributed by atoms with Crippen molar-refractivity contribution in [3.63, 3.8) is 0 Å². The smallest absolute Gasteiger partial charge is 0.188 e. The van der Waals surface area contributed by atoms with E-state index >= 15 is 0 Å². The number of nitrogens with two attached hydrogens (primary N) is 1. The van der Waals surface area contributed by atoms with E-state index in [2.05, 4.69) is 22.1 Å². The van der Waals surface area contributed by atoms with Crippen LogP contribution in [0, 0.1) is 0 Å². The van der Waals surface area contributed by atoms with Gasteiger partial charge in [-0.1, -0.05) is 6.92 Å². The number of nitrogens with zero attached hydrogens (tertiary/aromatic N) is 2. The summed E-state index contributed by atoms with van der Waals surface area (Å²) >= 11 is 0. The zero-order valence-electron chi connectivity index (χ0n) is 12.5. The molecule has 1 aliphatic heterocycles. The Hall–Kier alpha value is -0.810. The van der Waals surface area contributed by atoms with Crippen LogP contribution >= 0.6 is 0 Å². The molecule has 19 heavy (non-hydrogen) atoms. The SMILES string of the molecule is CCOCCCCNC(N)=NCC1CCCN1CC. The van der Waals surface area contributed by atoms with E-state index in [0.717, 1.165) is 45.7 Å². The van der Waals surface area contributed by atoms with Gasteiger partial charge in [0.15, 0.2) is 5.96 Å². The Morgan fingerprint density at radius 1 is 1.42 bits per heavy atom. The highest BCUT2D eigenvalue weighted by Crippen LogP contribution is 2.16. The minimum atomic E-state index is 0.583. The summed E-state index contributed by atoms with van der Waals surface area (Å²) in [5, 5.41) is 3.17. The Bertz CT molecular complexity index is 258. The van der Waals surface area contributed by atoms with Gasteiger partial charge in [0, 0.05) is 25.8 Å². The third-order valence-electron chi connectivity index (χ3n) is 3.60. The van der Waals surface area contributed by atoms with E-state index < -0.39 is 0 Å². The van der Waals surface area contributed by atoms with Crippen molar-refractivity contribution in [3.05, 3.63) is 0 Å². The molecule has 0 aromatic heterocycles. The topological polar surface area (TPSA) is 62.9 Å². The van der Waals surface area contributed by atoms with Gasteiger partial charge in [0.2, 0.25) is 0 Å². The fourth-order valence-electron chi connectivity index (χ4n) is 2.47. The summed E-state index contributed by atoms with van der Waals surface area (Å²) in [6.07, 6.45) is 4.68. The summed E-state index contributed by atoms with van der Waals surface area (Å²) in [4.78, 5) is 6.93. The molecule has 1 fully saturated rings. The van der Waals surface area contributed by atoms with E-state index in [0.29, 0.717) is 12.0 Å². The number of likely N-dealkylation sites (tertiary alicyclic amines) is 1. The highest BCUT2D eigenvalue weighted by molar-refractivity contribution is 5.77.